The minimum atomic E-state index is -0.111. The lowest BCUT2D eigenvalue weighted by atomic mass is 10.0. The molecule has 0 aliphatic carbocycles. The van der Waals surface area contributed by atoms with Crippen LogP contribution in [0.25, 0.3) is 0 Å². The first kappa shape index (κ1) is 18.5. The Balaban J connectivity index is 1.41. The number of nitrogens with zero attached hydrogens (tertiary/aromatic N) is 2. The van der Waals surface area contributed by atoms with Gasteiger partial charge >= 0.3 is 0 Å². The molecule has 3 rings (SSSR count). The van der Waals surface area contributed by atoms with Crippen molar-refractivity contribution < 1.29 is 9.59 Å². The molecular weight excluding hydrogens is 340 g/mol. The largest absolute Gasteiger partial charge is 0.337 e. The number of amides is 1. The maximum absolute atomic E-state index is 12.4. The van der Waals surface area contributed by atoms with Gasteiger partial charge in [0.25, 0.3) is 0 Å². The molecule has 2 N–H and O–H groups in total. The van der Waals surface area contributed by atoms with Crippen molar-refractivity contribution in [3.05, 3.63) is 84.4 Å². The molecule has 0 saturated heterocycles. The first-order chi connectivity index (χ1) is 13.2. The lowest BCUT2D eigenvalue weighted by molar-refractivity contribution is -0.115. The predicted molar refractivity (Wildman–Crippen MR) is 105 cm³/mol. The van der Waals surface area contributed by atoms with Crippen LogP contribution in [0.4, 0.5) is 5.69 Å². The molecule has 0 spiro atoms. The van der Waals surface area contributed by atoms with Gasteiger partial charge in [-0.1, -0.05) is 30.3 Å². The second kappa shape index (κ2) is 9.45. The Morgan fingerprint density at radius 1 is 0.963 bits per heavy atom. The zero-order valence-corrected chi connectivity index (χ0v) is 15.0. The fraction of sp³-hybridized carbons (Fsp3) is 0.190. The third-order valence-corrected chi connectivity index (χ3v) is 4.08. The van der Waals surface area contributed by atoms with E-state index in [1.165, 1.54) is 0 Å². The second-order valence-electron chi connectivity index (χ2n) is 6.15. The molecule has 1 amide bonds. The third kappa shape index (κ3) is 5.62. The average molecular weight is 362 g/mol. The Hall–Kier alpha value is -3.25. The number of anilines is 1. The van der Waals surface area contributed by atoms with Crippen molar-refractivity contribution in [2.75, 3.05) is 18.4 Å². The normalized spacial score (nSPS) is 10.5. The Bertz CT molecular complexity index is 859. The van der Waals surface area contributed by atoms with E-state index in [9.17, 15) is 9.59 Å². The second-order valence-corrected chi connectivity index (χ2v) is 6.15. The highest BCUT2D eigenvalue weighted by Crippen LogP contribution is 2.13. The minimum Gasteiger partial charge on any atom is -0.337 e. The molecule has 6 nitrogen and oxygen atoms in total. The maximum Gasteiger partial charge on any atom is 0.238 e. The van der Waals surface area contributed by atoms with Crippen molar-refractivity contribution in [3.8, 4) is 0 Å². The van der Waals surface area contributed by atoms with E-state index >= 15 is 0 Å². The first-order valence-electron chi connectivity index (χ1n) is 8.88. The molecule has 27 heavy (non-hydrogen) atoms. The molecule has 2 aromatic carbocycles. The lowest BCUT2D eigenvalue weighted by Gasteiger charge is -2.08. The van der Waals surface area contributed by atoms with Gasteiger partial charge in [0, 0.05) is 35.8 Å². The van der Waals surface area contributed by atoms with Gasteiger partial charge in [-0.15, -0.1) is 0 Å². The van der Waals surface area contributed by atoms with Gasteiger partial charge in [-0.3, -0.25) is 9.59 Å². The molecule has 0 aliphatic heterocycles. The van der Waals surface area contributed by atoms with Crippen LogP contribution in [0.2, 0.25) is 0 Å². The summed E-state index contributed by atoms with van der Waals surface area (Å²) < 4.78 is 2.00. The molecular formula is C21H22N4O2. The Labute approximate surface area is 158 Å². The molecule has 3 aromatic rings. The van der Waals surface area contributed by atoms with Crippen molar-refractivity contribution >= 4 is 17.4 Å². The van der Waals surface area contributed by atoms with Crippen LogP contribution in [-0.2, 0) is 11.3 Å². The zero-order valence-electron chi connectivity index (χ0n) is 15.0. The van der Waals surface area contributed by atoms with Crippen LogP contribution in [0, 0.1) is 0 Å². The van der Waals surface area contributed by atoms with Gasteiger partial charge < -0.3 is 15.2 Å². The predicted octanol–water partition coefficient (Wildman–Crippen LogP) is 2.73. The molecule has 1 heterocycles. The number of nitrogens with one attached hydrogen (secondary N) is 2. The number of aromatic nitrogens is 2. The number of ketones is 1. The van der Waals surface area contributed by atoms with E-state index < -0.39 is 0 Å². The molecule has 0 aliphatic rings. The van der Waals surface area contributed by atoms with E-state index in [0.717, 1.165) is 19.5 Å². The summed E-state index contributed by atoms with van der Waals surface area (Å²) in [6.45, 7) is 1.86. The van der Waals surface area contributed by atoms with E-state index in [1.807, 2.05) is 29.0 Å². The Kier molecular flexibility index (Phi) is 6.49. The topological polar surface area (TPSA) is 76.0 Å². The van der Waals surface area contributed by atoms with Gasteiger partial charge in [0.2, 0.25) is 5.91 Å². The van der Waals surface area contributed by atoms with Crippen LogP contribution in [0.5, 0.6) is 0 Å². The monoisotopic (exact) mass is 362 g/mol. The highest BCUT2D eigenvalue weighted by Gasteiger charge is 2.08. The molecule has 0 atom stereocenters. The van der Waals surface area contributed by atoms with Gasteiger partial charge in [-0.2, -0.15) is 0 Å². The van der Waals surface area contributed by atoms with Crippen molar-refractivity contribution in [3.63, 3.8) is 0 Å². The number of rotatable bonds is 9. The fourth-order valence-corrected chi connectivity index (χ4v) is 2.67. The maximum atomic E-state index is 12.4. The van der Waals surface area contributed by atoms with Crippen molar-refractivity contribution in [2.45, 2.75) is 13.0 Å². The highest BCUT2D eigenvalue weighted by molar-refractivity contribution is 6.09. The number of carbonyl (C=O) groups excluding carboxylic acids is 2. The number of hydrogen-bond acceptors (Lipinski definition) is 4. The van der Waals surface area contributed by atoms with E-state index in [-0.39, 0.29) is 18.2 Å². The summed E-state index contributed by atoms with van der Waals surface area (Å²) in [7, 11) is 0. The lowest BCUT2D eigenvalue weighted by Crippen LogP contribution is -2.29. The quantitative estimate of drug-likeness (QED) is 0.453. The third-order valence-electron chi connectivity index (χ3n) is 4.08. The summed E-state index contributed by atoms with van der Waals surface area (Å²) in [6, 6.07) is 16.1. The van der Waals surface area contributed by atoms with Crippen molar-refractivity contribution in [1.82, 2.24) is 14.9 Å². The van der Waals surface area contributed by atoms with Gasteiger partial charge in [-0.05, 0) is 37.2 Å². The fourth-order valence-electron chi connectivity index (χ4n) is 2.67. The molecule has 6 heteroatoms. The number of hydrogen-bond donors (Lipinski definition) is 2. The molecule has 0 radical (unpaired) electrons. The van der Waals surface area contributed by atoms with Crippen molar-refractivity contribution in [2.24, 2.45) is 0 Å². The Morgan fingerprint density at radius 2 is 1.70 bits per heavy atom. The van der Waals surface area contributed by atoms with E-state index in [4.69, 9.17) is 0 Å². The van der Waals surface area contributed by atoms with E-state index in [1.54, 1.807) is 48.9 Å². The van der Waals surface area contributed by atoms with Gasteiger partial charge in [0.15, 0.2) is 5.78 Å². The van der Waals surface area contributed by atoms with Gasteiger partial charge in [-0.25, -0.2) is 4.98 Å². The van der Waals surface area contributed by atoms with Crippen LogP contribution in [-0.4, -0.2) is 34.3 Å². The van der Waals surface area contributed by atoms with Crippen LogP contribution in [0.1, 0.15) is 22.3 Å². The van der Waals surface area contributed by atoms with Crippen LogP contribution < -0.4 is 10.6 Å². The standard InChI is InChI=1S/C21H22N4O2/c26-20(15-22-11-4-13-25-14-12-23-16-25)24-19-9-7-18(8-10-19)21(27)17-5-2-1-3-6-17/h1-3,5-10,12,14,16,22H,4,11,13,15H2,(H,24,26). The van der Waals surface area contributed by atoms with Crippen LogP contribution in [0.3, 0.4) is 0 Å². The molecule has 0 saturated carbocycles. The van der Waals surface area contributed by atoms with E-state index in [0.29, 0.717) is 16.8 Å². The number of imidazole rings is 1. The highest BCUT2D eigenvalue weighted by atomic mass is 16.2. The first-order valence-corrected chi connectivity index (χ1v) is 8.88. The summed E-state index contributed by atoms with van der Waals surface area (Å²) in [6.07, 6.45) is 6.36. The van der Waals surface area contributed by atoms with E-state index in [2.05, 4.69) is 15.6 Å². The number of carbonyl (C=O) groups is 2. The summed E-state index contributed by atoms with van der Waals surface area (Å²) >= 11 is 0. The summed E-state index contributed by atoms with van der Waals surface area (Å²) in [5.41, 5.74) is 1.91. The van der Waals surface area contributed by atoms with Crippen LogP contribution in [0.15, 0.2) is 73.3 Å². The average Bonchev–Trinajstić information content (AvgIpc) is 3.22. The summed E-state index contributed by atoms with van der Waals surface area (Å²) in [5.74, 6) is -0.146. The number of aryl methyl sites for hydroxylation is 1. The summed E-state index contributed by atoms with van der Waals surface area (Å²) in [5, 5.41) is 5.94. The number of benzene rings is 2. The molecule has 1 aromatic heterocycles. The summed E-state index contributed by atoms with van der Waals surface area (Å²) in [4.78, 5) is 28.3. The molecule has 0 bridgehead atoms. The van der Waals surface area contributed by atoms with Crippen molar-refractivity contribution in [1.29, 1.82) is 0 Å². The Morgan fingerprint density at radius 3 is 2.41 bits per heavy atom. The smallest absolute Gasteiger partial charge is 0.238 e. The minimum absolute atomic E-state index is 0.0342. The molecule has 0 fully saturated rings. The molecule has 138 valence electrons. The SMILES string of the molecule is O=C(CNCCCn1ccnc1)Nc1ccc(C(=O)c2ccccc2)cc1. The van der Waals surface area contributed by atoms with Gasteiger partial charge in [0.05, 0.1) is 12.9 Å². The molecule has 0 unspecified atom stereocenters. The van der Waals surface area contributed by atoms with Crippen LogP contribution >= 0.6 is 0 Å². The zero-order chi connectivity index (χ0) is 18.9. The van der Waals surface area contributed by atoms with Gasteiger partial charge in [0.1, 0.15) is 0 Å².